The second-order valence-electron chi connectivity index (χ2n) is 6.20. The molecule has 0 atom stereocenters. The topological polar surface area (TPSA) is 140 Å². The van der Waals surface area contributed by atoms with Gasteiger partial charge in [0.15, 0.2) is 5.69 Å². The number of aromatic nitrogens is 5. The van der Waals surface area contributed by atoms with Gasteiger partial charge in [0.05, 0.1) is 6.21 Å². The van der Waals surface area contributed by atoms with Crippen molar-refractivity contribution in [1.82, 2.24) is 35.6 Å². The summed E-state index contributed by atoms with van der Waals surface area (Å²) in [5.74, 6) is -0.405. The number of anilines is 1. The minimum Gasteiger partial charge on any atom is -0.378 e. The summed E-state index contributed by atoms with van der Waals surface area (Å²) in [6.07, 6.45) is 3.57. The van der Waals surface area contributed by atoms with E-state index < -0.39 is 5.91 Å². The predicted octanol–water partition coefficient (Wildman–Crippen LogP) is 1.98. The van der Waals surface area contributed by atoms with Gasteiger partial charge >= 0.3 is 0 Å². The van der Waals surface area contributed by atoms with Crippen molar-refractivity contribution in [1.29, 1.82) is 0 Å². The molecule has 0 aliphatic rings. The van der Waals surface area contributed by atoms with E-state index in [1.807, 2.05) is 44.4 Å². The molecule has 0 aliphatic heterocycles. The SMILES string of the molecule is CCN(CC)Cc1nnn(-c2nonc2N)c1C(=O)N/N=C/c1ccc(SC)cc1.Cl. The van der Waals surface area contributed by atoms with Crippen LogP contribution in [0.25, 0.3) is 5.82 Å². The molecule has 3 aromatic rings. The highest BCUT2D eigenvalue weighted by Crippen LogP contribution is 2.17. The zero-order valence-electron chi connectivity index (χ0n) is 17.3. The molecule has 0 fully saturated rings. The highest BCUT2D eigenvalue weighted by atomic mass is 35.5. The lowest BCUT2D eigenvalue weighted by atomic mass is 10.2. The number of amides is 1. The Morgan fingerprint density at radius 3 is 2.58 bits per heavy atom. The summed E-state index contributed by atoms with van der Waals surface area (Å²) in [6, 6.07) is 7.80. The lowest BCUT2D eigenvalue weighted by Crippen LogP contribution is -2.27. The Kier molecular flexibility index (Phi) is 8.97. The quantitative estimate of drug-likeness (QED) is 0.275. The molecule has 13 heteroatoms. The number of nitrogens with zero attached hydrogens (tertiary/aromatic N) is 7. The van der Waals surface area contributed by atoms with Gasteiger partial charge in [0.2, 0.25) is 11.6 Å². The van der Waals surface area contributed by atoms with Crippen LogP contribution in [0.3, 0.4) is 0 Å². The van der Waals surface area contributed by atoms with Crippen molar-refractivity contribution < 1.29 is 9.42 Å². The third kappa shape index (κ3) is 5.81. The number of benzene rings is 1. The number of hydrazone groups is 1. The molecule has 0 saturated carbocycles. The Morgan fingerprint density at radius 1 is 1.29 bits per heavy atom. The number of thioether (sulfide) groups is 1. The molecule has 0 spiro atoms. The molecule has 3 N–H and O–H groups in total. The van der Waals surface area contributed by atoms with Crippen LogP contribution < -0.4 is 11.2 Å². The summed E-state index contributed by atoms with van der Waals surface area (Å²) < 4.78 is 5.85. The van der Waals surface area contributed by atoms with Crippen molar-refractivity contribution >= 4 is 42.1 Å². The Labute approximate surface area is 189 Å². The van der Waals surface area contributed by atoms with Gasteiger partial charge in [-0.05, 0) is 47.4 Å². The van der Waals surface area contributed by atoms with E-state index in [-0.39, 0.29) is 29.7 Å². The lowest BCUT2D eigenvalue weighted by Gasteiger charge is -2.16. The molecular formula is C18H24ClN9O2S. The molecule has 11 nitrogen and oxygen atoms in total. The van der Waals surface area contributed by atoms with E-state index in [9.17, 15) is 4.79 Å². The second-order valence-corrected chi connectivity index (χ2v) is 7.08. The van der Waals surface area contributed by atoms with Gasteiger partial charge in [-0.1, -0.05) is 31.2 Å². The Morgan fingerprint density at radius 2 is 2.00 bits per heavy atom. The minimum atomic E-state index is -0.499. The molecule has 0 saturated heterocycles. The van der Waals surface area contributed by atoms with Crippen LogP contribution in [0.2, 0.25) is 0 Å². The molecule has 1 amide bonds. The van der Waals surface area contributed by atoms with Gasteiger partial charge in [-0.15, -0.1) is 29.3 Å². The Bertz CT molecular complexity index is 1020. The second kappa shape index (κ2) is 11.4. The summed E-state index contributed by atoms with van der Waals surface area (Å²) in [7, 11) is 0. The van der Waals surface area contributed by atoms with Gasteiger partial charge in [0, 0.05) is 11.4 Å². The normalized spacial score (nSPS) is 11.1. The molecule has 1 aromatic carbocycles. The molecule has 31 heavy (non-hydrogen) atoms. The van der Waals surface area contributed by atoms with Gasteiger partial charge in [0.25, 0.3) is 5.91 Å². The fraction of sp³-hybridized carbons (Fsp3) is 0.333. The van der Waals surface area contributed by atoms with Crippen LogP contribution in [0, 0.1) is 0 Å². The third-order valence-corrected chi connectivity index (χ3v) is 5.16. The summed E-state index contributed by atoms with van der Waals surface area (Å²) in [4.78, 5) is 16.2. The third-order valence-electron chi connectivity index (χ3n) is 4.41. The molecular weight excluding hydrogens is 442 g/mol. The van der Waals surface area contributed by atoms with Gasteiger partial charge in [-0.25, -0.2) is 10.1 Å². The van der Waals surface area contributed by atoms with E-state index in [1.165, 1.54) is 4.68 Å². The average molecular weight is 466 g/mol. The molecule has 2 heterocycles. The monoisotopic (exact) mass is 465 g/mol. The molecule has 0 aliphatic carbocycles. The molecule has 0 radical (unpaired) electrons. The number of nitrogens with one attached hydrogen (secondary N) is 1. The maximum atomic E-state index is 12.9. The first-order chi connectivity index (χ1) is 14.6. The van der Waals surface area contributed by atoms with Crippen molar-refractivity contribution in [3.8, 4) is 5.82 Å². The number of hydrogen-bond acceptors (Lipinski definition) is 10. The molecule has 2 aromatic heterocycles. The van der Waals surface area contributed by atoms with E-state index >= 15 is 0 Å². The van der Waals surface area contributed by atoms with Crippen molar-refractivity contribution in [2.75, 3.05) is 25.1 Å². The lowest BCUT2D eigenvalue weighted by molar-refractivity contribution is 0.0945. The minimum absolute atomic E-state index is 0. The van der Waals surface area contributed by atoms with Gasteiger partial charge in [-0.2, -0.15) is 9.78 Å². The first-order valence-corrected chi connectivity index (χ1v) is 10.5. The highest BCUT2D eigenvalue weighted by Gasteiger charge is 2.25. The zero-order valence-corrected chi connectivity index (χ0v) is 19.0. The number of rotatable bonds is 9. The molecule has 0 bridgehead atoms. The smallest absolute Gasteiger partial charge is 0.292 e. The largest absolute Gasteiger partial charge is 0.378 e. The fourth-order valence-electron chi connectivity index (χ4n) is 2.70. The first kappa shape index (κ1) is 24.3. The van der Waals surface area contributed by atoms with Crippen LogP contribution in [-0.4, -0.2) is 61.7 Å². The fourth-order valence-corrected chi connectivity index (χ4v) is 3.11. The predicted molar refractivity (Wildman–Crippen MR) is 121 cm³/mol. The van der Waals surface area contributed by atoms with Crippen LogP contribution in [0.1, 0.15) is 35.6 Å². The Hall–Kier alpha value is -2.96. The van der Waals surface area contributed by atoms with Crippen LogP contribution >= 0.6 is 24.2 Å². The van der Waals surface area contributed by atoms with Gasteiger partial charge in [-0.3, -0.25) is 9.69 Å². The van der Waals surface area contributed by atoms with Crippen LogP contribution in [0.4, 0.5) is 5.82 Å². The van der Waals surface area contributed by atoms with Gasteiger partial charge in [0.1, 0.15) is 5.69 Å². The van der Waals surface area contributed by atoms with Crippen molar-refractivity contribution in [3.63, 3.8) is 0 Å². The van der Waals surface area contributed by atoms with Crippen molar-refractivity contribution in [2.24, 2.45) is 5.10 Å². The number of nitrogens with two attached hydrogens (primary N) is 1. The molecule has 0 unspecified atom stereocenters. The zero-order chi connectivity index (χ0) is 21.5. The van der Waals surface area contributed by atoms with E-state index in [2.05, 4.69) is 40.7 Å². The van der Waals surface area contributed by atoms with Crippen LogP contribution in [-0.2, 0) is 6.54 Å². The molecule has 3 rings (SSSR count). The van der Waals surface area contributed by atoms with Gasteiger partial charge < -0.3 is 5.73 Å². The maximum absolute atomic E-state index is 12.9. The van der Waals surface area contributed by atoms with Crippen LogP contribution in [0.15, 0.2) is 38.9 Å². The number of carbonyl (C=O) groups is 1. The highest BCUT2D eigenvalue weighted by molar-refractivity contribution is 7.98. The first-order valence-electron chi connectivity index (χ1n) is 9.30. The summed E-state index contributed by atoms with van der Waals surface area (Å²) in [5, 5.41) is 19.5. The maximum Gasteiger partial charge on any atom is 0.292 e. The molecule has 166 valence electrons. The van der Waals surface area contributed by atoms with E-state index in [4.69, 9.17) is 5.73 Å². The van der Waals surface area contributed by atoms with E-state index in [1.54, 1.807) is 18.0 Å². The summed E-state index contributed by atoms with van der Waals surface area (Å²) in [5.41, 5.74) is 9.79. The summed E-state index contributed by atoms with van der Waals surface area (Å²) in [6.45, 7) is 6.07. The van der Waals surface area contributed by atoms with Crippen molar-refractivity contribution in [2.45, 2.75) is 25.3 Å². The summed E-state index contributed by atoms with van der Waals surface area (Å²) >= 11 is 1.65. The van der Waals surface area contributed by atoms with E-state index in [0.717, 1.165) is 23.5 Å². The number of nitrogen functional groups attached to an aromatic ring is 1. The number of carbonyl (C=O) groups excluding carboxylic acids is 1. The number of hydrogen-bond donors (Lipinski definition) is 2. The van der Waals surface area contributed by atoms with E-state index in [0.29, 0.717) is 12.2 Å². The average Bonchev–Trinajstić information content (AvgIpc) is 3.37. The van der Waals surface area contributed by atoms with Crippen LogP contribution in [0.5, 0.6) is 0 Å². The Balaban J connectivity index is 0.00000341. The standard InChI is InChI=1S/C18H23N9O2S.ClH/c1-4-26(5-2)11-14-15(27(25-21-14)17-16(19)23-29-24-17)18(28)22-20-10-12-6-8-13(30-3)9-7-12;/h6-10H,4-5,11H2,1-3H3,(H2,19,23)(H,22,28);1H/b20-10+;. The number of halogens is 1. The van der Waals surface area contributed by atoms with Crippen molar-refractivity contribution in [3.05, 3.63) is 41.2 Å².